The molecule has 0 radical (unpaired) electrons. The average Bonchev–Trinajstić information content (AvgIpc) is 2.38. The first-order chi connectivity index (χ1) is 8.76. The van der Waals surface area contributed by atoms with Gasteiger partial charge in [0.2, 0.25) is 5.91 Å². The number of methoxy groups -OCH3 is 1. The van der Waals surface area contributed by atoms with E-state index in [9.17, 15) is 4.79 Å². The van der Waals surface area contributed by atoms with Crippen LogP contribution in [0.4, 0.5) is 5.69 Å². The van der Waals surface area contributed by atoms with Gasteiger partial charge in [0.15, 0.2) is 0 Å². The molecular formula is C13H20N2O3. The normalized spacial score (nSPS) is 11.9. The molecule has 1 rings (SSSR count). The van der Waals surface area contributed by atoms with Gasteiger partial charge in [0.05, 0.1) is 19.2 Å². The molecule has 1 unspecified atom stereocenters. The van der Waals surface area contributed by atoms with Crippen LogP contribution in [0.15, 0.2) is 30.3 Å². The molecule has 0 aliphatic heterocycles. The molecule has 0 fully saturated rings. The van der Waals surface area contributed by atoms with Gasteiger partial charge in [0.1, 0.15) is 0 Å². The van der Waals surface area contributed by atoms with Gasteiger partial charge in [-0.15, -0.1) is 0 Å². The lowest BCUT2D eigenvalue weighted by Gasteiger charge is -2.17. The second kappa shape index (κ2) is 8.49. The number of para-hydroxylation sites is 1. The monoisotopic (exact) mass is 252 g/mol. The Labute approximate surface area is 107 Å². The van der Waals surface area contributed by atoms with E-state index in [4.69, 9.17) is 9.84 Å². The number of hydrogen-bond donors (Lipinski definition) is 3. The van der Waals surface area contributed by atoms with Crippen LogP contribution in [0.1, 0.15) is 6.42 Å². The number of ether oxygens (including phenoxy) is 1. The van der Waals surface area contributed by atoms with E-state index >= 15 is 0 Å². The quantitative estimate of drug-likeness (QED) is 0.634. The molecule has 0 spiro atoms. The van der Waals surface area contributed by atoms with Gasteiger partial charge in [-0.3, -0.25) is 4.79 Å². The predicted octanol–water partition coefficient (Wildman–Crippen LogP) is 0.612. The SMILES string of the molecule is COCC(CCO)NC(=O)CNc1ccccc1. The number of nitrogens with one attached hydrogen (secondary N) is 2. The molecule has 1 atom stereocenters. The van der Waals surface area contributed by atoms with Crippen LogP contribution in [0.5, 0.6) is 0 Å². The number of benzene rings is 1. The van der Waals surface area contributed by atoms with Crippen LogP contribution in [0.3, 0.4) is 0 Å². The number of amides is 1. The highest BCUT2D eigenvalue weighted by molar-refractivity contribution is 5.80. The van der Waals surface area contributed by atoms with Gasteiger partial charge in [0, 0.05) is 19.4 Å². The minimum absolute atomic E-state index is 0.0282. The fourth-order valence-electron chi connectivity index (χ4n) is 1.57. The highest BCUT2D eigenvalue weighted by Crippen LogP contribution is 2.03. The van der Waals surface area contributed by atoms with Crippen LogP contribution in [0.25, 0.3) is 0 Å². The van der Waals surface area contributed by atoms with Crippen molar-refractivity contribution in [3.05, 3.63) is 30.3 Å². The molecule has 1 aromatic rings. The highest BCUT2D eigenvalue weighted by Gasteiger charge is 2.11. The van der Waals surface area contributed by atoms with Crippen LogP contribution < -0.4 is 10.6 Å². The van der Waals surface area contributed by atoms with Crippen molar-refractivity contribution < 1.29 is 14.6 Å². The van der Waals surface area contributed by atoms with Gasteiger partial charge in [-0.2, -0.15) is 0 Å². The van der Waals surface area contributed by atoms with Crippen LogP contribution >= 0.6 is 0 Å². The van der Waals surface area contributed by atoms with E-state index in [1.54, 1.807) is 7.11 Å². The van der Waals surface area contributed by atoms with Crippen molar-refractivity contribution in [1.82, 2.24) is 5.32 Å². The van der Waals surface area contributed by atoms with Crippen molar-refractivity contribution in [2.75, 3.05) is 32.2 Å². The third kappa shape index (κ3) is 5.65. The molecule has 0 bridgehead atoms. The number of anilines is 1. The van der Waals surface area contributed by atoms with Crippen LogP contribution in [0.2, 0.25) is 0 Å². The molecule has 1 amide bonds. The number of carbonyl (C=O) groups excluding carboxylic acids is 1. The Morgan fingerprint density at radius 1 is 1.39 bits per heavy atom. The van der Waals surface area contributed by atoms with E-state index in [1.165, 1.54) is 0 Å². The molecule has 18 heavy (non-hydrogen) atoms. The minimum atomic E-state index is -0.148. The second-order valence-corrected chi connectivity index (χ2v) is 3.95. The van der Waals surface area contributed by atoms with Crippen LogP contribution in [-0.4, -0.2) is 43.9 Å². The van der Waals surface area contributed by atoms with Crippen molar-refractivity contribution in [2.24, 2.45) is 0 Å². The summed E-state index contributed by atoms with van der Waals surface area (Å²) >= 11 is 0. The lowest BCUT2D eigenvalue weighted by atomic mass is 10.2. The molecule has 3 N–H and O–H groups in total. The Kier molecular flexibility index (Phi) is 6.83. The fraction of sp³-hybridized carbons (Fsp3) is 0.462. The van der Waals surface area contributed by atoms with Gasteiger partial charge in [-0.25, -0.2) is 0 Å². The predicted molar refractivity (Wildman–Crippen MR) is 70.4 cm³/mol. The summed E-state index contributed by atoms with van der Waals surface area (Å²) in [6.45, 7) is 0.633. The zero-order valence-electron chi connectivity index (χ0n) is 10.6. The maximum atomic E-state index is 11.7. The van der Waals surface area contributed by atoms with Crippen molar-refractivity contribution in [3.63, 3.8) is 0 Å². The molecule has 0 aliphatic rings. The third-order valence-electron chi connectivity index (χ3n) is 2.44. The number of hydrogen-bond acceptors (Lipinski definition) is 4. The summed E-state index contributed by atoms with van der Waals surface area (Å²) < 4.78 is 4.97. The van der Waals surface area contributed by atoms with Crippen molar-refractivity contribution in [3.8, 4) is 0 Å². The van der Waals surface area contributed by atoms with Gasteiger partial charge in [0.25, 0.3) is 0 Å². The second-order valence-electron chi connectivity index (χ2n) is 3.95. The maximum absolute atomic E-state index is 11.7. The largest absolute Gasteiger partial charge is 0.396 e. The fourth-order valence-corrected chi connectivity index (χ4v) is 1.57. The first-order valence-electron chi connectivity index (χ1n) is 5.94. The molecule has 0 saturated carbocycles. The van der Waals surface area contributed by atoms with Crippen LogP contribution in [-0.2, 0) is 9.53 Å². The summed E-state index contributed by atoms with van der Waals surface area (Å²) in [5.41, 5.74) is 0.901. The van der Waals surface area contributed by atoms with Gasteiger partial charge in [-0.05, 0) is 18.6 Å². The first kappa shape index (κ1) is 14.5. The Morgan fingerprint density at radius 2 is 2.11 bits per heavy atom. The van der Waals surface area contributed by atoms with E-state index in [0.717, 1.165) is 5.69 Å². The summed E-state index contributed by atoms with van der Waals surface area (Å²) in [7, 11) is 1.57. The summed E-state index contributed by atoms with van der Waals surface area (Å²) in [5.74, 6) is -0.116. The Balaban J connectivity index is 2.31. The van der Waals surface area contributed by atoms with E-state index in [2.05, 4.69) is 10.6 Å². The Morgan fingerprint density at radius 3 is 2.72 bits per heavy atom. The highest BCUT2D eigenvalue weighted by atomic mass is 16.5. The van der Waals surface area contributed by atoms with Crippen LogP contribution in [0, 0.1) is 0 Å². The Hall–Kier alpha value is -1.59. The number of aliphatic hydroxyl groups excluding tert-OH is 1. The zero-order chi connectivity index (χ0) is 13.2. The Bertz CT molecular complexity index is 337. The van der Waals surface area contributed by atoms with E-state index in [-0.39, 0.29) is 25.1 Å². The summed E-state index contributed by atoms with van der Waals surface area (Å²) in [4.78, 5) is 11.7. The summed E-state index contributed by atoms with van der Waals surface area (Å²) in [6, 6.07) is 9.37. The topological polar surface area (TPSA) is 70.6 Å². The van der Waals surface area contributed by atoms with Crippen molar-refractivity contribution >= 4 is 11.6 Å². The summed E-state index contributed by atoms with van der Waals surface area (Å²) in [5, 5.41) is 14.7. The minimum Gasteiger partial charge on any atom is -0.396 e. The first-order valence-corrected chi connectivity index (χ1v) is 5.94. The lowest BCUT2D eigenvalue weighted by Crippen LogP contribution is -2.41. The van der Waals surface area contributed by atoms with Gasteiger partial charge >= 0.3 is 0 Å². The smallest absolute Gasteiger partial charge is 0.239 e. The maximum Gasteiger partial charge on any atom is 0.239 e. The lowest BCUT2D eigenvalue weighted by molar-refractivity contribution is -0.120. The molecule has 1 aromatic carbocycles. The molecule has 5 heteroatoms. The van der Waals surface area contributed by atoms with Gasteiger partial charge < -0.3 is 20.5 Å². The molecular weight excluding hydrogens is 232 g/mol. The van der Waals surface area contributed by atoms with E-state index in [1.807, 2.05) is 30.3 Å². The average molecular weight is 252 g/mol. The summed E-state index contributed by atoms with van der Waals surface area (Å²) in [6.07, 6.45) is 0.491. The number of aliphatic hydroxyl groups is 1. The molecule has 100 valence electrons. The van der Waals surface area contributed by atoms with E-state index < -0.39 is 0 Å². The molecule has 0 heterocycles. The molecule has 0 aromatic heterocycles. The number of carbonyl (C=O) groups is 1. The standard InChI is InChI=1S/C13H20N2O3/c1-18-10-12(7-8-16)15-13(17)9-14-11-5-3-2-4-6-11/h2-6,12,14,16H,7-10H2,1H3,(H,15,17). The number of rotatable bonds is 8. The van der Waals surface area contributed by atoms with Crippen molar-refractivity contribution in [1.29, 1.82) is 0 Å². The third-order valence-corrected chi connectivity index (χ3v) is 2.44. The molecule has 0 aliphatic carbocycles. The zero-order valence-corrected chi connectivity index (χ0v) is 10.6. The van der Waals surface area contributed by atoms with Crippen molar-refractivity contribution in [2.45, 2.75) is 12.5 Å². The van der Waals surface area contributed by atoms with Gasteiger partial charge in [-0.1, -0.05) is 18.2 Å². The molecule has 5 nitrogen and oxygen atoms in total. The van der Waals surface area contributed by atoms with E-state index in [0.29, 0.717) is 13.0 Å². The molecule has 0 saturated heterocycles.